The lowest BCUT2D eigenvalue weighted by atomic mass is 10.1. The van der Waals surface area contributed by atoms with E-state index >= 15 is 0 Å². The van der Waals surface area contributed by atoms with E-state index in [0.717, 1.165) is 5.56 Å². The van der Waals surface area contributed by atoms with Gasteiger partial charge >= 0.3 is 5.97 Å². The molecule has 0 N–H and O–H groups in total. The molecule has 0 saturated carbocycles. The number of nitrogens with zero attached hydrogens (tertiary/aromatic N) is 2. The second kappa shape index (κ2) is 7.04. The Balaban J connectivity index is 2.24. The SMILES string of the molecule is COC(=O)CCc1cnc(-c2ccccc2OC)nc1Cl. The third-order valence-corrected chi connectivity index (χ3v) is 3.31. The number of benzene rings is 1. The van der Waals surface area contributed by atoms with Crippen LogP contribution in [0, 0.1) is 0 Å². The van der Waals surface area contributed by atoms with E-state index in [9.17, 15) is 4.79 Å². The summed E-state index contributed by atoms with van der Waals surface area (Å²) in [5.74, 6) is 0.870. The van der Waals surface area contributed by atoms with Gasteiger partial charge in [-0.1, -0.05) is 23.7 Å². The van der Waals surface area contributed by atoms with E-state index < -0.39 is 0 Å². The number of carbonyl (C=O) groups is 1. The van der Waals surface area contributed by atoms with E-state index in [2.05, 4.69) is 14.7 Å². The fraction of sp³-hybridized carbons (Fsp3) is 0.267. The first-order chi connectivity index (χ1) is 10.2. The molecule has 1 heterocycles. The van der Waals surface area contributed by atoms with Gasteiger partial charge in [0.05, 0.1) is 19.8 Å². The molecule has 0 fully saturated rings. The highest BCUT2D eigenvalue weighted by Crippen LogP contribution is 2.28. The lowest BCUT2D eigenvalue weighted by molar-refractivity contribution is -0.140. The average Bonchev–Trinajstić information content (AvgIpc) is 2.53. The third kappa shape index (κ3) is 3.70. The molecule has 21 heavy (non-hydrogen) atoms. The van der Waals surface area contributed by atoms with E-state index in [0.29, 0.717) is 28.7 Å². The minimum Gasteiger partial charge on any atom is -0.496 e. The Bertz CT molecular complexity index is 647. The van der Waals surface area contributed by atoms with Crippen LogP contribution in [0.25, 0.3) is 11.4 Å². The second-order valence-electron chi connectivity index (χ2n) is 4.29. The summed E-state index contributed by atoms with van der Waals surface area (Å²) in [5.41, 5.74) is 1.47. The van der Waals surface area contributed by atoms with Gasteiger partial charge < -0.3 is 9.47 Å². The highest BCUT2D eigenvalue weighted by molar-refractivity contribution is 6.30. The topological polar surface area (TPSA) is 61.3 Å². The Kier molecular flexibility index (Phi) is 5.11. The quantitative estimate of drug-likeness (QED) is 0.628. The largest absolute Gasteiger partial charge is 0.496 e. The zero-order chi connectivity index (χ0) is 15.2. The lowest BCUT2D eigenvalue weighted by Crippen LogP contribution is -2.03. The summed E-state index contributed by atoms with van der Waals surface area (Å²) < 4.78 is 9.87. The zero-order valence-electron chi connectivity index (χ0n) is 11.8. The smallest absolute Gasteiger partial charge is 0.305 e. The Morgan fingerprint density at radius 2 is 2.05 bits per heavy atom. The number of aromatic nitrogens is 2. The molecule has 1 aromatic heterocycles. The number of halogens is 1. The van der Waals surface area contributed by atoms with E-state index in [-0.39, 0.29) is 12.4 Å². The first-order valence-electron chi connectivity index (χ1n) is 6.37. The van der Waals surface area contributed by atoms with Crippen molar-refractivity contribution in [3.05, 3.63) is 41.2 Å². The van der Waals surface area contributed by atoms with Crippen LogP contribution in [0.4, 0.5) is 0 Å². The number of rotatable bonds is 5. The number of aryl methyl sites for hydroxylation is 1. The number of hydrogen-bond acceptors (Lipinski definition) is 5. The van der Waals surface area contributed by atoms with Crippen LogP contribution < -0.4 is 4.74 Å². The summed E-state index contributed by atoms with van der Waals surface area (Å²) in [6.45, 7) is 0. The van der Waals surface area contributed by atoms with Crippen LogP contribution in [0.3, 0.4) is 0 Å². The molecule has 5 nitrogen and oxygen atoms in total. The maximum Gasteiger partial charge on any atom is 0.305 e. The summed E-state index contributed by atoms with van der Waals surface area (Å²) in [5, 5.41) is 0.329. The fourth-order valence-corrected chi connectivity index (χ4v) is 2.07. The number of ether oxygens (including phenoxy) is 2. The fourth-order valence-electron chi connectivity index (χ4n) is 1.85. The van der Waals surface area contributed by atoms with Crippen LogP contribution in [-0.4, -0.2) is 30.2 Å². The van der Waals surface area contributed by atoms with E-state index in [1.54, 1.807) is 13.3 Å². The molecule has 0 amide bonds. The highest BCUT2D eigenvalue weighted by Gasteiger charge is 2.12. The van der Waals surface area contributed by atoms with Gasteiger partial charge in [-0.05, 0) is 18.6 Å². The first kappa shape index (κ1) is 15.3. The van der Waals surface area contributed by atoms with Crippen LogP contribution in [-0.2, 0) is 16.0 Å². The van der Waals surface area contributed by atoms with Crippen molar-refractivity contribution in [2.45, 2.75) is 12.8 Å². The first-order valence-corrected chi connectivity index (χ1v) is 6.75. The number of para-hydroxylation sites is 1. The van der Waals surface area contributed by atoms with Crippen LogP contribution in [0.2, 0.25) is 5.15 Å². The summed E-state index contributed by atoms with van der Waals surface area (Å²) in [4.78, 5) is 19.7. The van der Waals surface area contributed by atoms with Crippen molar-refractivity contribution >= 4 is 17.6 Å². The van der Waals surface area contributed by atoms with Crippen molar-refractivity contribution in [2.75, 3.05) is 14.2 Å². The molecule has 0 saturated heterocycles. The summed E-state index contributed by atoms with van der Waals surface area (Å²) in [7, 11) is 2.94. The second-order valence-corrected chi connectivity index (χ2v) is 4.64. The van der Waals surface area contributed by atoms with E-state index in [1.165, 1.54) is 7.11 Å². The lowest BCUT2D eigenvalue weighted by Gasteiger charge is -2.08. The molecule has 0 bridgehead atoms. The molecule has 0 radical (unpaired) electrons. The van der Waals surface area contributed by atoms with Crippen LogP contribution >= 0.6 is 11.6 Å². The van der Waals surface area contributed by atoms with Gasteiger partial charge in [-0.2, -0.15) is 0 Å². The molecular weight excluding hydrogens is 292 g/mol. The maximum absolute atomic E-state index is 11.1. The van der Waals surface area contributed by atoms with Crippen molar-refractivity contribution in [1.29, 1.82) is 0 Å². The molecule has 0 unspecified atom stereocenters. The van der Waals surface area contributed by atoms with Gasteiger partial charge in [0.1, 0.15) is 10.9 Å². The minimum absolute atomic E-state index is 0.244. The Hall–Kier alpha value is -2.14. The Morgan fingerprint density at radius 3 is 2.71 bits per heavy atom. The van der Waals surface area contributed by atoms with Gasteiger partial charge in [0.15, 0.2) is 5.82 Å². The predicted molar refractivity (Wildman–Crippen MR) is 79.4 cm³/mol. The maximum atomic E-state index is 11.1. The standard InChI is InChI=1S/C15H15ClN2O3/c1-20-12-6-4-3-5-11(12)15-17-9-10(14(16)18-15)7-8-13(19)21-2/h3-6,9H,7-8H2,1-2H3. The molecule has 0 spiro atoms. The van der Waals surface area contributed by atoms with E-state index in [1.807, 2.05) is 24.3 Å². The van der Waals surface area contributed by atoms with Crippen LogP contribution in [0.5, 0.6) is 5.75 Å². The molecular formula is C15H15ClN2O3. The minimum atomic E-state index is -0.292. The van der Waals surface area contributed by atoms with Crippen molar-refractivity contribution in [1.82, 2.24) is 9.97 Å². The van der Waals surface area contributed by atoms with Gasteiger partial charge in [-0.3, -0.25) is 4.79 Å². The van der Waals surface area contributed by atoms with Crippen LogP contribution in [0.1, 0.15) is 12.0 Å². The molecule has 2 rings (SSSR count). The average molecular weight is 307 g/mol. The predicted octanol–water partition coefficient (Wildman–Crippen LogP) is 2.91. The summed E-state index contributed by atoms with van der Waals surface area (Å²) in [6, 6.07) is 7.44. The number of methoxy groups -OCH3 is 2. The van der Waals surface area contributed by atoms with Gasteiger partial charge in [0.25, 0.3) is 0 Å². The highest BCUT2D eigenvalue weighted by atomic mass is 35.5. The molecule has 2 aromatic rings. The number of hydrogen-bond donors (Lipinski definition) is 0. The van der Waals surface area contributed by atoms with Gasteiger partial charge in [0.2, 0.25) is 0 Å². The Morgan fingerprint density at radius 1 is 1.29 bits per heavy atom. The monoisotopic (exact) mass is 306 g/mol. The van der Waals surface area contributed by atoms with Crippen molar-refractivity contribution < 1.29 is 14.3 Å². The normalized spacial score (nSPS) is 10.2. The van der Waals surface area contributed by atoms with Crippen molar-refractivity contribution in [3.8, 4) is 17.1 Å². The molecule has 0 aliphatic carbocycles. The Labute approximate surface area is 127 Å². The van der Waals surface area contributed by atoms with Gasteiger partial charge in [-0.15, -0.1) is 0 Å². The van der Waals surface area contributed by atoms with Gasteiger partial charge in [-0.25, -0.2) is 9.97 Å². The summed E-state index contributed by atoms with van der Waals surface area (Å²) >= 11 is 6.16. The van der Waals surface area contributed by atoms with Gasteiger partial charge in [0, 0.05) is 18.2 Å². The molecule has 0 aliphatic heterocycles. The zero-order valence-corrected chi connectivity index (χ0v) is 12.6. The number of carbonyl (C=O) groups excluding carboxylic acids is 1. The molecule has 110 valence electrons. The van der Waals surface area contributed by atoms with Crippen LogP contribution in [0.15, 0.2) is 30.5 Å². The molecule has 0 atom stereocenters. The van der Waals surface area contributed by atoms with E-state index in [4.69, 9.17) is 16.3 Å². The molecule has 0 aliphatic rings. The van der Waals surface area contributed by atoms with Crippen molar-refractivity contribution in [2.24, 2.45) is 0 Å². The summed E-state index contributed by atoms with van der Waals surface area (Å²) in [6.07, 6.45) is 2.31. The van der Waals surface area contributed by atoms with Crippen molar-refractivity contribution in [3.63, 3.8) is 0 Å². The number of esters is 1. The molecule has 6 heteroatoms. The third-order valence-electron chi connectivity index (χ3n) is 2.99. The molecule has 1 aromatic carbocycles.